The molecule has 26 heavy (non-hydrogen) atoms. The molecule has 1 rings (SSSR count). The lowest BCUT2D eigenvalue weighted by Gasteiger charge is -2.22. The highest BCUT2D eigenvalue weighted by molar-refractivity contribution is 5.91. The van der Waals surface area contributed by atoms with Crippen molar-refractivity contribution in [3.05, 3.63) is 29.8 Å². The molecule has 0 fully saturated rings. The SMILES string of the molecule is CCC(C)C(N)C(=O)NC(C)C(=O)NC(Cc1ccc(O)cc1)C(=O)O. The van der Waals surface area contributed by atoms with Gasteiger partial charge in [-0.1, -0.05) is 32.4 Å². The Kier molecular flexibility index (Phi) is 8.05. The van der Waals surface area contributed by atoms with E-state index in [2.05, 4.69) is 10.6 Å². The van der Waals surface area contributed by atoms with Crippen LogP contribution in [0.4, 0.5) is 0 Å². The number of carbonyl (C=O) groups excluding carboxylic acids is 2. The number of carboxylic acids is 1. The van der Waals surface area contributed by atoms with Gasteiger partial charge in [0.15, 0.2) is 0 Å². The number of phenols is 1. The Morgan fingerprint density at radius 3 is 2.15 bits per heavy atom. The molecule has 0 heterocycles. The van der Waals surface area contributed by atoms with E-state index in [1.165, 1.54) is 19.1 Å². The van der Waals surface area contributed by atoms with Gasteiger partial charge in [0.2, 0.25) is 11.8 Å². The Bertz CT molecular complexity index is 632. The number of aromatic hydroxyl groups is 1. The number of nitrogens with two attached hydrogens (primary N) is 1. The van der Waals surface area contributed by atoms with Gasteiger partial charge in [0.1, 0.15) is 17.8 Å². The van der Waals surface area contributed by atoms with Gasteiger partial charge in [0.25, 0.3) is 0 Å². The number of carboxylic acid groups (broad SMARTS) is 1. The van der Waals surface area contributed by atoms with E-state index in [-0.39, 0.29) is 18.1 Å². The molecule has 0 saturated carbocycles. The fourth-order valence-electron chi connectivity index (χ4n) is 2.25. The van der Waals surface area contributed by atoms with Gasteiger partial charge in [-0.25, -0.2) is 4.79 Å². The van der Waals surface area contributed by atoms with Gasteiger partial charge in [0.05, 0.1) is 6.04 Å². The van der Waals surface area contributed by atoms with E-state index in [0.717, 1.165) is 6.42 Å². The molecule has 0 bridgehead atoms. The summed E-state index contributed by atoms with van der Waals surface area (Å²) in [6.07, 6.45) is 0.775. The number of aliphatic carboxylic acids is 1. The zero-order valence-electron chi connectivity index (χ0n) is 15.2. The predicted octanol–water partition coefficient (Wildman–Crippen LogP) is 0.382. The molecule has 8 nitrogen and oxygen atoms in total. The van der Waals surface area contributed by atoms with Crippen molar-refractivity contribution in [2.75, 3.05) is 0 Å². The maximum Gasteiger partial charge on any atom is 0.326 e. The highest BCUT2D eigenvalue weighted by Crippen LogP contribution is 2.11. The van der Waals surface area contributed by atoms with Crippen LogP contribution >= 0.6 is 0 Å². The Labute approximate surface area is 152 Å². The Morgan fingerprint density at radius 1 is 1.08 bits per heavy atom. The molecule has 6 N–H and O–H groups in total. The first-order chi connectivity index (χ1) is 12.1. The van der Waals surface area contributed by atoms with Gasteiger partial charge in [-0.15, -0.1) is 0 Å². The summed E-state index contributed by atoms with van der Waals surface area (Å²) in [5.41, 5.74) is 6.47. The maximum absolute atomic E-state index is 12.2. The standard InChI is InChI=1S/C18H27N3O5/c1-4-10(2)15(19)17(24)20-11(3)16(23)21-14(18(25)26)9-12-5-7-13(22)8-6-12/h5-8,10-11,14-15,22H,4,9,19H2,1-3H3,(H,20,24)(H,21,23)(H,25,26). The van der Waals surface area contributed by atoms with Crippen LogP contribution in [0.25, 0.3) is 0 Å². The lowest BCUT2D eigenvalue weighted by molar-refractivity contribution is -0.142. The largest absolute Gasteiger partial charge is 0.508 e. The van der Waals surface area contributed by atoms with Crippen LogP contribution in [0.2, 0.25) is 0 Å². The van der Waals surface area contributed by atoms with Gasteiger partial charge in [-0.2, -0.15) is 0 Å². The summed E-state index contributed by atoms with van der Waals surface area (Å²) in [5, 5.41) is 23.5. The zero-order chi connectivity index (χ0) is 19.9. The fourth-order valence-corrected chi connectivity index (χ4v) is 2.25. The molecule has 144 valence electrons. The van der Waals surface area contributed by atoms with E-state index >= 15 is 0 Å². The van der Waals surface area contributed by atoms with Gasteiger partial charge in [-0.05, 0) is 30.5 Å². The topological polar surface area (TPSA) is 142 Å². The van der Waals surface area contributed by atoms with Crippen molar-refractivity contribution in [1.82, 2.24) is 10.6 Å². The number of hydrogen-bond donors (Lipinski definition) is 5. The minimum Gasteiger partial charge on any atom is -0.508 e. The van der Waals surface area contributed by atoms with Crippen molar-refractivity contribution in [2.24, 2.45) is 11.7 Å². The monoisotopic (exact) mass is 365 g/mol. The summed E-state index contributed by atoms with van der Waals surface area (Å²) < 4.78 is 0. The number of phenolic OH excluding ortho intramolecular Hbond substituents is 1. The quantitative estimate of drug-likeness (QED) is 0.428. The number of rotatable bonds is 9. The number of benzene rings is 1. The molecule has 0 radical (unpaired) electrons. The average molecular weight is 365 g/mol. The van der Waals surface area contributed by atoms with Gasteiger partial charge < -0.3 is 26.6 Å². The van der Waals surface area contributed by atoms with Crippen LogP contribution < -0.4 is 16.4 Å². The predicted molar refractivity (Wildman–Crippen MR) is 96.4 cm³/mol. The molecule has 0 aliphatic heterocycles. The van der Waals surface area contributed by atoms with E-state index in [1.54, 1.807) is 12.1 Å². The molecular formula is C18H27N3O5. The summed E-state index contributed by atoms with van der Waals surface area (Å²) in [4.78, 5) is 35.7. The van der Waals surface area contributed by atoms with Crippen LogP contribution in [0.5, 0.6) is 5.75 Å². The summed E-state index contributed by atoms with van der Waals surface area (Å²) in [5.74, 6) is -2.22. The van der Waals surface area contributed by atoms with Crippen LogP contribution in [0, 0.1) is 5.92 Å². The van der Waals surface area contributed by atoms with Gasteiger partial charge >= 0.3 is 5.97 Å². The Balaban J connectivity index is 2.67. The summed E-state index contributed by atoms with van der Waals surface area (Å²) in [6, 6.07) is 3.22. The van der Waals surface area contributed by atoms with Crippen molar-refractivity contribution in [3.8, 4) is 5.75 Å². The summed E-state index contributed by atoms with van der Waals surface area (Å²) >= 11 is 0. The third-order valence-electron chi connectivity index (χ3n) is 4.30. The van der Waals surface area contributed by atoms with Crippen LogP contribution in [0.3, 0.4) is 0 Å². The third-order valence-corrected chi connectivity index (χ3v) is 4.30. The first-order valence-corrected chi connectivity index (χ1v) is 8.52. The molecule has 1 aromatic rings. The van der Waals surface area contributed by atoms with E-state index in [0.29, 0.717) is 5.56 Å². The molecule has 0 aromatic heterocycles. The first-order valence-electron chi connectivity index (χ1n) is 8.52. The Morgan fingerprint density at radius 2 is 1.65 bits per heavy atom. The highest BCUT2D eigenvalue weighted by atomic mass is 16.4. The maximum atomic E-state index is 12.2. The normalized spacial score (nSPS) is 15.4. The highest BCUT2D eigenvalue weighted by Gasteiger charge is 2.26. The number of amides is 2. The minimum absolute atomic E-state index is 0.0356. The zero-order valence-corrected chi connectivity index (χ0v) is 15.2. The van der Waals surface area contributed by atoms with Crippen LogP contribution in [0.1, 0.15) is 32.8 Å². The molecule has 0 saturated heterocycles. The summed E-state index contributed by atoms with van der Waals surface area (Å²) in [6.45, 7) is 5.22. The van der Waals surface area contributed by atoms with E-state index in [1.807, 2.05) is 13.8 Å². The van der Waals surface area contributed by atoms with Crippen molar-refractivity contribution in [3.63, 3.8) is 0 Å². The minimum atomic E-state index is -1.19. The Hall–Kier alpha value is -2.61. The lowest BCUT2D eigenvalue weighted by atomic mass is 9.99. The van der Waals surface area contributed by atoms with Gasteiger partial charge in [0, 0.05) is 6.42 Å². The average Bonchev–Trinajstić information content (AvgIpc) is 2.61. The van der Waals surface area contributed by atoms with Crippen molar-refractivity contribution >= 4 is 17.8 Å². The molecular weight excluding hydrogens is 338 g/mol. The molecule has 4 unspecified atom stereocenters. The molecule has 2 amide bonds. The number of carbonyl (C=O) groups is 3. The van der Waals surface area contributed by atoms with Crippen LogP contribution in [0.15, 0.2) is 24.3 Å². The third kappa shape index (κ3) is 6.36. The van der Waals surface area contributed by atoms with Crippen molar-refractivity contribution < 1.29 is 24.6 Å². The number of hydrogen-bond acceptors (Lipinski definition) is 5. The summed E-state index contributed by atoms with van der Waals surface area (Å²) in [7, 11) is 0. The lowest BCUT2D eigenvalue weighted by Crippen LogP contribution is -2.54. The second-order valence-electron chi connectivity index (χ2n) is 6.41. The van der Waals surface area contributed by atoms with Crippen molar-refractivity contribution in [2.45, 2.75) is 51.7 Å². The van der Waals surface area contributed by atoms with Gasteiger partial charge in [-0.3, -0.25) is 9.59 Å². The molecule has 4 atom stereocenters. The molecule has 0 spiro atoms. The second kappa shape index (κ2) is 9.76. The first kappa shape index (κ1) is 21.4. The van der Waals surface area contributed by atoms with E-state index in [4.69, 9.17) is 5.73 Å². The fraction of sp³-hybridized carbons (Fsp3) is 0.500. The van der Waals surface area contributed by atoms with E-state index < -0.39 is 35.9 Å². The smallest absolute Gasteiger partial charge is 0.326 e. The molecule has 8 heteroatoms. The second-order valence-corrected chi connectivity index (χ2v) is 6.41. The molecule has 0 aliphatic rings. The molecule has 1 aromatic carbocycles. The van der Waals surface area contributed by atoms with Crippen molar-refractivity contribution in [1.29, 1.82) is 0 Å². The molecule has 0 aliphatic carbocycles. The van der Waals surface area contributed by atoms with E-state index in [9.17, 15) is 24.6 Å². The van der Waals surface area contributed by atoms with Crippen LogP contribution in [-0.4, -0.2) is 46.1 Å². The van der Waals surface area contributed by atoms with Crippen LogP contribution in [-0.2, 0) is 20.8 Å². The number of nitrogens with one attached hydrogen (secondary N) is 2.